The molecule has 0 unspecified atom stereocenters. The third-order valence-electron chi connectivity index (χ3n) is 4.07. The minimum absolute atomic E-state index is 0. The standard InChI is InChI=1S/C16H16F3N5OS.ClH/c17-16(18,19)25-12-3-1-2-10(8-12)13-9-24-15(22-13)26-14(23-24)21-11-4-6-20-7-5-11;/h1-3,8-9,11,20H,4-7H2,(H,21,23);1H. The van der Waals surface area contributed by atoms with Crippen LogP contribution in [0.15, 0.2) is 30.5 Å². The van der Waals surface area contributed by atoms with E-state index in [1.807, 2.05) is 0 Å². The summed E-state index contributed by atoms with van der Waals surface area (Å²) in [4.78, 5) is 5.14. The van der Waals surface area contributed by atoms with Crippen molar-refractivity contribution in [3.8, 4) is 17.0 Å². The van der Waals surface area contributed by atoms with Gasteiger partial charge in [-0.25, -0.2) is 9.50 Å². The van der Waals surface area contributed by atoms with Crippen LogP contribution in [0.2, 0.25) is 0 Å². The molecular formula is C16H17ClF3N5OS. The van der Waals surface area contributed by atoms with Crippen molar-refractivity contribution >= 4 is 33.8 Å². The van der Waals surface area contributed by atoms with E-state index in [0.717, 1.165) is 31.1 Å². The van der Waals surface area contributed by atoms with Crippen LogP contribution in [-0.2, 0) is 0 Å². The van der Waals surface area contributed by atoms with E-state index >= 15 is 0 Å². The Labute approximate surface area is 163 Å². The molecule has 6 nitrogen and oxygen atoms in total. The lowest BCUT2D eigenvalue weighted by atomic mass is 10.1. The number of halogens is 4. The summed E-state index contributed by atoms with van der Waals surface area (Å²) in [5, 5.41) is 12.0. The molecule has 0 saturated carbocycles. The molecule has 11 heteroatoms. The molecule has 0 aliphatic carbocycles. The average Bonchev–Trinajstić information content (AvgIpc) is 3.13. The van der Waals surface area contributed by atoms with Crippen LogP contribution < -0.4 is 15.4 Å². The first kappa shape index (κ1) is 19.7. The normalized spacial score (nSPS) is 15.5. The van der Waals surface area contributed by atoms with Gasteiger partial charge in [0.2, 0.25) is 10.1 Å². The smallest absolute Gasteiger partial charge is 0.406 e. The highest BCUT2D eigenvalue weighted by Gasteiger charge is 2.31. The number of fused-ring (bicyclic) bond motifs is 1. The summed E-state index contributed by atoms with van der Waals surface area (Å²) in [7, 11) is 0. The highest BCUT2D eigenvalue weighted by molar-refractivity contribution is 7.20. The quantitative estimate of drug-likeness (QED) is 0.670. The van der Waals surface area contributed by atoms with Crippen molar-refractivity contribution < 1.29 is 17.9 Å². The molecule has 2 N–H and O–H groups in total. The van der Waals surface area contributed by atoms with Gasteiger partial charge < -0.3 is 15.4 Å². The number of anilines is 1. The number of aromatic nitrogens is 3. The van der Waals surface area contributed by atoms with Crippen molar-refractivity contribution in [2.24, 2.45) is 0 Å². The summed E-state index contributed by atoms with van der Waals surface area (Å²) in [6, 6.07) is 6.15. The predicted octanol–water partition coefficient (Wildman–Crippen LogP) is 3.94. The van der Waals surface area contributed by atoms with Crippen molar-refractivity contribution in [2.75, 3.05) is 18.4 Å². The summed E-state index contributed by atoms with van der Waals surface area (Å²) in [6.07, 6.45) is -0.936. The third-order valence-corrected chi connectivity index (χ3v) is 4.93. The average molecular weight is 420 g/mol. The van der Waals surface area contributed by atoms with Gasteiger partial charge in [-0.3, -0.25) is 0 Å². The molecule has 27 heavy (non-hydrogen) atoms. The predicted molar refractivity (Wildman–Crippen MR) is 99.7 cm³/mol. The minimum atomic E-state index is -4.72. The van der Waals surface area contributed by atoms with Gasteiger partial charge in [0.1, 0.15) is 5.75 Å². The van der Waals surface area contributed by atoms with Crippen LogP contribution in [0, 0.1) is 0 Å². The molecule has 1 aliphatic rings. The van der Waals surface area contributed by atoms with Gasteiger partial charge in [-0.05, 0) is 38.1 Å². The van der Waals surface area contributed by atoms with E-state index < -0.39 is 6.36 Å². The summed E-state index contributed by atoms with van der Waals surface area (Å²) in [6.45, 7) is 1.97. The van der Waals surface area contributed by atoms with E-state index in [4.69, 9.17) is 0 Å². The number of nitrogens with zero attached hydrogens (tertiary/aromatic N) is 3. The highest BCUT2D eigenvalue weighted by atomic mass is 35.5. The zero-order valence-corrected chi connectivity index (χ0v) is 15.6. The Morgan fingerprint density at radius 3 is 2.74 bits per heavy atom. The van der Waals surface area contributed by atoms with E-state index in [2.05, 4.69) is 25.5 Å². The van der Waals surface area contributed by atoms with E-state index in [1.165, 1.54) is 29.5 Å². The molecule has 3 heterocycles. The van der Waals surface area contributed by atoms with Gasteiger partial charge in [0.15, 0.2) is 0 Å². The van der Waals surface area contributed by atoms with Crippen LogP contribution in [0.5, 0.6) is 5.75 Å². The minimum Gasteiger partial charge on any atom is -0.406 e. The number of alkyl halides is 3. The zero-order chi connectivity index (χ0) is 18.1. The Kier molecular flexibility index (Phi) is 5.78. The number of benzene rings is 1. The second kappa shape index (κ2) is 7.91. The van der Waals surface area contributed by atoms with E-state index in [1.54, 1.807) is 16.8 Å². The van der Waals surface area contributed by atoms with E-state index in [-0.39, 0.29) is 18.2 Å². The number of imidazole rings is 1. The van der Waals surface area contributed by atoms with Crippen LogP contribution in [0.25, 0.3) is 16.2 Å². The molecule has 0 spiro atoms. The Hall–Kier alpha value is -2.04. The Balaban J connectivity index is 0.00000210. The number of hydrogen-bond donors (Lipinski definition) is 2. The van der Waals surface area contributed by atoms with Crippen molar-refractivity contribution in [2.45, 2.75) is 25.2 Å². The second-order valence-electron chi connectivity index (χ2n) is 6.00. The first-order chi connectivity index (χ1) is 12.5. The molecule has 0 radical (unpaired) electrons. The molecule has 0 atom stereocenters. The maximum absolute atomic E-state index is 12.4. The van der Waals surface area contributed by atoms with Gasteiger partial charge in [0.05, 0.1) is 11.9 Å². The van der Waals surface area contributed by atoms with Crippen molar-refractivity contribution in [3.63, 3.8) is 0 Å². The molecule has 3 aromatic rings. The molecule has 2 aromatic heterocycles. The number of ether oxygens (including phenoxy) is 1. The molecule has 1 saturated heterocycles. The molecule has 0 amide bonds. The first-order valence-corrected chi connectivity index (χ1v) is 8.97. The fraction of sp³-hybridized carbons (Fsp3) is 0.375. The second-order valence-corrected chi connectivity index (χ2v) is 6.96. The van der Waals surface area contributed by atoms with E-state index in [9.17, 15) is 13.2 Å². The molecule has 0 bridgehead atoms. The van der Waals surface area contributed by atoms with Gasteiger partial charge in [-0.1, -0.05) is 23.5 Å². The summed E-state index contributed by atoms with van der Waals surface area (Å²) < 4.78 is 42.7. The molecule has 1 aromatic carbocycles. The molecular weight excluding hydrogens is 403 g/mol. The lowest BCUT2D eigenvalue weighted by Gasteiger charge is -2.22. The summed E-state index contributed by atoms with van der Waals surface area (Å²) >= 11 is 1.42. The zero-order valence-electron chi connectivity index (χ0n) is 14.0. The van der Waals surface area contributed by atoms with Crippen LogP contribution in [0.1, 0.15) is 12.8 Å². The lowest BCUT2D eigenvalue weighted by molar-refractivity contribution is -0.274. The Morgan fingerprint density at radius 2 is 2.04 bits per heavy atom. The van der Waals surface area contributed by atoms with Gasteiger partial charge in [0.25, 0.3) is 0 Å². The van der Waals surface area contributed by atoms with Gasteiger partial charge in [0, 0.05) is 11.6 Å². The summed E-state index contributed by atoms with van der Waals surface area (Å²) in [5.41, 5.74) is 1.09. The molecule has 4 rings (SSSR count). The number of rotatable bonds is 4. The topological polar surface area (TPSA) is 63.5 Å². The fourth-order valence-corrected chi connectivity index (χ4v) is 3.75. The summed E-state index contributed by atoms with van der Waals surface area (Å²) in [5.74, 6) is -0.271. The maximum Gasteiger partial charge on any atom is 0.573 e. The SMILES string of the molecule is Cl.FC(F)(F)Oc1cccc(-c2cn3nc(NC4CCNCC4)sc3n2)c1. The van der Waals surface area contributed by atoms with Gasteiger partial charge in [-0.2, -0.15) is 0 Å². The first-order valence-electron chi connectivity index (χ1n) is 8.16. The van der Waals surface area contributed by atoms with Crippen molar-refractivity contribution in [1.82, 2.24) is 19.9 Å². The van der Waals surface area contributed by atoms with Crippen LogP contribution in [0.3, 0.4) is 0 Å². The largest absolute Gasteiger partial charge is 0.573 e. The molecule has 1 fully saturated rings. The fourth-order valence-electron chi connectivity index (χ4n) is 2.89. The third kappa shape index (κ3) is 4.82. The van der Waals surface area contributed by atoms with Crippen molar-refractivity contribution in [1.29, 1.82) is 0 Å². The van der Waals surface area contributed by atoms with Crippen molar-refractivity contribution in [3.05, 3.63) is 30.5 Å². The van der Waals surface area contributed by atoms with Gasteiger partial charge >= 0.3 is 6.36 Å². The monoisotopic (exact) mass is 419 g/mol. The molecule has 1 aliphatic heterocycles. The van der Waals surface area contributed by atoms with Crippen LogP contribution in [0.4, 0.5) is 18.3 Å². The van der Waals surface area contributed by atoms with Crippen LogP contribution in [-0.4, -0.2) is 40.1 Å². The Morgan fingerprint density at radius 1 is 1.26 bits per heavy atom. The number of nitrogens with one attached hydrogen (secondary N) is 2. The number of piperidine rings is 1. The van der Waals surface area contributed by atoms with E-state index in [0.29, 0.717) is 22.3 Å². The van der Waals surface area contributed by atoms with Gasteiger partial charge in [-0.15, -0.1) is 30.7 Å². The molecule has 146 valence electrons. The maximum atomic E-state index is 12.4. The number of hydrogen-bond acceptors (Lipinski definition) is 6. The Bertz CT molecular complexity index is 875. The highest BCUT2D eigenvalue weighted by Crippen LogP contribution is 2.29. The van der Waals surface area contributed by atoms with Crippen LogP contribution >= 0.6 is 23.7 Å². The lowest BCUT2D eigenvalue weighted by Crippen LogP contribution is -2.35.